The van der Waals surface area contributed by atoms with Crippen molar-refractivity contribution in [2.24, 2.45) is 5.41 Å². The van der Waals surface area contributed by atoms with Crippen LogP contribution in [0.4, 0.5) is 0 Å². The molecule has 112 valence electrons. The van der Waals surface area contributed by atoms with E-state index in [1.807, 2.05) is 30.3 Å². The molecule has 4 heteroatoms. The molecule has 0 spiro atoms. The minimum Gasteiger partial charge on any atom is -0.324 e. The lowest BCUT2D eigenvalue weighted by atomic mass is 9.77. The highest BCUT2D eigenvalue weighted by atomic mass is 16.2. The monoisotopic (exact) mass is 285 g/mol. The molecular formula is C17H23N3O. The molecule has 1 amide bonds. The molecule has 1 unspecified atom stereocenters. The maximum absolute atomic E-state index is 12.8. The standard InChI is InChI=1S/C17H23N3O/c1-17(2)9-6-11-19-15(17)16(21)20(12-10-18)13-14-7-4-3-5-8-14/h3-5,7-8,15,19H,6,9,11-13H2,1-2H3. The molecule has 1 saturated heterocycles. The van der Waals surface area contributed by atoms with E-state index in [4.69, 9.17) is 5.26 Å². The molecule has 1 aliphatic rings. The van der Waals surface area contributed by atoms with Gasteiger partial charge in [0.1, 0.15) is 6.54 Å². The zero-order chi connectivity index (χ0) is 15.3. The van der Waals surface area contributed by atoms with E-state index in [0.717, 1.165) is 24.9 Å². The minimum atomic E-state index is -0.205. The van der Waals surface area contributed by atoms with Crippen LogP contribution in [0.1, 0.15) is 32.3 Å². The maximum atomic E-state index is 12.8. The van der Waals surface area contributed by atoms with Crippen molar-refractivity contribution in [1.82, 2.24) is 10.2 Å². The van der Waals surface area contributed by atoms with Gasteiger partial charge in [-0.25, -0.2) is 0 Å². The van der Waals surface area contributed by atoms with Crippen molar-refractivity contribution in [3.05, 3.63) is 35.9 Å². The predicted octanol–water partition coefficient (Wildman–Crippen LogP) is 2.32. The van der Waals surface area contributed by atoms with E-state index in [0.29, 0.717) is 6.54 Å². The summed E-state index contributed by atoms with van der Waals surface area (Å²) in [5.74, 6) is 0.0325. The molecule has 1 N–H and O–H groups in total. The summed E-state index contributed by atoms with van der Waals surface area (Å²) in [5.41, 5.74) is 0.981. The molecule has 1 heterocycles. The molecule has 21 heavy (non-hydrogen) atoms. The Morgan fingerprint density at radius 1 is 1.43 bits per heavy atom. The first-order chi connectivity index (χ1) is 10.0. The lowest BCUT2D eigenvalue weighted by Crippen LogP contribution is -2.56. The highest BCUT2D eigenvalue weighted by Crippen LogP contribution is 2.31. The van der Waals surface area contributed by atoms with Gasteiger partial charge in [0.25, 0.3) is 0 Å². The van der Waals surface area contributed by atoms with Gasteiger partial charge in [-0.05, 0) is 30.4 Å². The molecule has 0 aromatic heterocycles. The SMILES string of the molecule is CC1(C)CCCNC1C(=O)N(CC#N)Cc1ccccc1. The summed E-state index contributed by atoms with van der Waals surface area (Å²) in [6.45, 7) is 5.72. The number of piperidine rings is 1. The Labute approximate surface area is 126 Å². The van der Waals surface area contributed by atoms with Crippen LogP contribution in [-0.2, 0) is 11.3 Å². The largest absolute Gasteiger partial charge is 0.324 e. The Balaban J connectivity index is 2.14. The third-order valence-electron chi connectivity index (χ3n) is 4.16. The molecule has 2 rings (SSSR count). The van der Waals surface area contributed by atoms with Gasteiger partial charge in [0.05, 0.1) is 12.1 Å². The number of nitrogens with one attached hydrogen (secondary N) is 1. The Hall–Kier alpha value is -1.86. The average molecular weight is 285 g/mol. The number of hydrogen-bond acceptors (Lipinski definition) is 3. The van der Waals surface area contributed by atoms with Crippen molar-refractivity contribution in [1.29, 1.82) is 5.26 Å². The van der Waals surface area contributed by atoms with Gasteiger partial charge < -0.3 is 10.2 Å². The molecule has 0 bridgehead atoms. The van der Waals surface area contributed by atoms with Crippen molar-refractivity contribution in [2.75, 3.05) is 13.1 Å². The van der Waals surface area contributed by atoms with Crippen molar-refractivity contribution in [3.8, 4) is 6.07 Å². The van der Waals surface area contributed by atoms with Gasteiger partial charge in [-0.3, -0.25) is 4.79 Å². The fourth-order valence-electron chi connectivity index (χ4n) is 2.92. The second-order valence-corrected chi connectivity index (χ2v) is 6.32. The third-order valence-corrected chi connectivity index (χ3v) is 4.16. The minimum absolute atomic E-state index is 0.0325. The smallest absolute Gasteiger partial charge is 0.241 e. The molecule has 1 fully saturated rings. The van der Waals surface area contributed by atoms with Gasteiger partial charge >= 0.3 is 0 Å². The molecule has 0 saturated carbocycles. The fourth-order valence-corrected chi connectivity index (χ4v) is 2.92. The number of nitrogens with zero attached hydrogens (tertiary/aromatic N) is 2. The molecule has 1 atom stereocenters. The van der Waals surface area contributed by atoms with Crippen LogP contribution in [0.5, 0.6) is 0 Å². The lowest BCUT2D eigenvalue weighted by Gasteiger charge is -2.40. The summed E-state index contributed by atoms with van der Waals surface area (Å²) in [6, 6.07) is 11.7. The average Bonchev–Trinajstić information content (AvgIpc) is 2.47. The van der Waals surface area contributed by atoms with Crippen molar-refractivity contribution >= 4 is 5.91 Å². The van der Waals surface area contributed by atoms with Crippen molar-refractivity contribution < 1.29 is 4.79 Å². The molecule has 1 aromatic rings. The normalized spacial score (nSPS) is 20.5. The Morgan fingerprint density at radius 3 is 2.76 bits per heavy atom. The summed E-state index contributed by atoms with van der Waals surface area (Å²) in [6.07, 6.45) is 2.12. The number of nitriles is 1. The number of benzene rings is 1. The van der Waals surface area contributed by atoms with E-state index in [-0.39, 0.29) is 23.9 Å². The second kappa shape index (κ2) is 6.73. The van der Waals surface area contributed by atoms with Crippen LogP contribution in [0.2, 0.25) is 0 Å². The second-order valence-electron chi connectivity index (χ2n) is 6.32. The zero-order valence-electron chi connectivity index (χ0n) is 12.8. The fraction of sp³-hybridized carbons (Fsp3) is 0.529. The van der Waals surface area contributed by atoms with Crippen molar-refractivity contribution in [3.63, 3.8) is 0 Å². The van der Waals surface area contributed by atoms with Gasteiger partial charge in [0.2, 0.25) is 5.91 Å². The third kappa shape index (κ3) is 3.83. The molecular weight excluding hydrogens is 262 g/mol. The van der Waals surface area contributed by atoms with Gasteiger partial charge in [0.15, 0.2) is 0 Å². The van der Waals surface area contributed by atoms with Crippen LogP contribution in [0.3, 0.4) is 0 Å². The topological polar surface area (TPSA) is 56.1 Å². The molecule has 0 aliphatic carbocycles. The predicted molar refractivity (Wildman–Crippen MR) is 82.3 cm³/mol. The summed E-state index contributed by atoms with van der Waals surface area (Å²) in [4.78, 5) is 14.5. The first-order valence-electron chi connectivity index (χ1n) is 7.47. The van der Waals surface area contributed by atoms with E-state index in [2.05, 4.69) is 25.2 Å². The lowest BCUT2D eigenvalue weighted by molar-refractivity contribution is -0.137. The first kappa shape index (κ1) is 15.5. The van der Waals surface area contributed by atoms with Gasteiger partial charge in [-0.1, -0.05) is 44.2 Å². The molecule has 0 radical (unpaired) electrons. The van der Waals surface area contributed by atoms with Crippen LogP contribution in [0.15, 0.2) is 30.3 Å². The van der Waals surface area contributed by atoms with Crippen molar-refractivity contribution in [2.45, 2.75) is 39.3 Å². The molecule has 1 aliphatic heterocycles. The Kier molecular flexibility index (Phi) is 4.98. The summed E-state index contributed by atoms with van der Waals surface area (Å²) in [7, 11) is 0. The van der Waals surface area contributed by atoms with E-state index < -0.39 is 0 Å². The summed E-state index contributed by atoms with van der Waals surface area (Å²) < 4.78 is 0. The van der Waals surface area contributed by atoms with Gasteiger partial charge in [0, 0.05) is 6.54 Å². The molecule has 1 aromatic carbocycles. The maximum Gasteiger partial charge on any atom is 0.241 e. The van der Waals surface area contributed by atoms with E-state index >= 15 is 0 Å². The highest BCUT2D eigenvalue weighted by Gasteiger charge is 2.39. The Morgan fingerprint density at radius 2 is 2.14 bits per heavy atom. The molecule has 4 nitrogen and oxygen atoms in total. The van der Waals surface area contributed by atoms with Gasteiger partial charge in [-0.15, -0.1) is 0 Å². The summed E-state index contributed by atoms with van der Waals surface area (Å²) in [5, 5.41) is 12.4. The summed E-state index contributed by atoms with van der Waals surface area (Å²) >= 11 is 0. The number of amides is 1. The van der Waals surface area contributed by atoms with E-state index in [9.17, 15) is 4.79 Å². The van der Waals surface area contributed by atoms with Crippen LogP contribution in [0.25, 0.3) is 0 Å². The van der Waals surface area contributed by atoms with Crippen LogP contribution < -0.4 is 5.32 Å². The van der Waals surface area contributed by atoms with Crippen LogP contribution in [-0.4, -0.2) is 29.9 Å². The Bertz CT molecular complexity index is 519. The number of carbonyl (C=O) groups is 1. The first-order valence-corrected chi connectivity index (χ1v) is 7.47. The highest BCUT2D eigenvalue weighted by molar-refractivity contribution is 5.83. The zero-order valence-corrected chi connectivity index (χ0v) is 12.8. The van der Waals surface area contributed by atoms with Crippen LogP contribution in [0, 0.1) is 16.7 Å². The van der Waals surface area contributed by atoms with Crippen LogP contribution >= 0.6 is 0 Å². The number of rotatable bonds is 4. The van der Waals surface area contributed by atoms with E-state index in [1.54, 1.807) is 4.90 Å². The van der Waals surface area contributed by atoms with E-state index in [1.165, 1.54) is 0 Å². The van der Waals surface area contributed by atoms with Gasteiger partial charge in [-0.2, -0.15) is 5.26 Å². The number of hydrogen-bond donors (Lipinski definition) is 1. The number of carbonyl (C=O) groups excluding carboxylic acids is 1. The quantitative estimate of drug-likeness (QED) is 0.864.